The average Bonchev–Trinajstić information content (AvgIpc) is 1.69. The highest BCUT2D eigenvalue weighted by atomic mass is 19.1. The Labute approximate surface area is 42.8 Å². The molecule has 0 radical (unpaired) electrons. The molecule has 0 atom stereocenters. The van der Waals surface area contributed by atoms with Crippen LogP contribution < -0.4 is 0 Å². The van der Waals surface area contributed by atoms with E-state index < -0.39 is 6.86 Å². The number of rotatable bonds is 3. The van der Waals surface area contributed by atoms with Gasteiger partial charge < -0.3 is 4.74 Å². The third-order valence-corrected chi connectivity index (χ3v) is 0.491. The summed E-state index contributed by atoms with van der Waals surface area (Å²) in [6, 6.07) is 0. The van der Waals surface area contributed by atoms with E-state index in [2.05, 4.69) is 4.74 Å². The van der Waals surface area contributed by atoms with E-state index in [-0.39, 0.29) is 0 Å². The minimum Gasteiger partial charge on any atom is -0.471 e. The Morgan fingerprint density at radius 3 is 2.86 bits per heavy atom. The maximum Gasteiger partial charge on any atom is 0.227 e. The SMILES string of the molecule is CC/C=C/OCF. The lowest BCUT2D eigenvalue weighted by Crippen LogP contribution is -1.72. The van der Waals surface area contributed by atoms with Gasteiger partial charge in [-0.1, -0.05) is 6.92 Å². The highest BCUT2D eigenvalue weighted by Gasteiger charge is 1.67. The summed E-state index contributed by atoms with van der Waals surface area (Å²) in [5, 5.41) is 0. The third-order valence-electron chi connectivity index (χ3n) is 0.491. The first-order chi connectivity index (χ1) is 3.41. The van der Waals surface area contributed by atoms with Crippen molar-refractivity contribution in [3.8, 4) is 0 Å². The molecule has 0 saturated carbocycles. The predicted octanol–water partition coefficient (Wildman–Crippen LogP) is 1.85. The maximum absolute atomic E-state index is 11.0. The van der Waals surface area contributed by atoms with Crippen molar-refractivity contribution in [3.63, 3.8) is 0 Å². The van der Waals surface area contributed by atoms with Gasteiger partial charge in [0.25, 0.3) is 0 Å². The van der Waals surface area contributed by atoms with Crippen molar-refractivity contribution >= 4 is 0 Å². The van der Waals surface area contributed by atoms with E-state index in [4.69, 9.17) is 0 Å². The summed E-state index contributed by atoms with van der Waals surface area (Å²) in [4.78, 5) is 0. The molecule has 0 heterocycles. The molecule has 0 aliphatic carbocycles. The maximum atomic E-state index is 11.0. The fourth-order valence-corrected chi connectivity index (χ4v) is 0.201. The summed E-state index contributed by atoms with van der Waals surface area (Å²) in [7, 11) is 0. The molecule has 0 aromatic heterocycles. The zero-order valence-electron chi connectivity index (χ0n) is 4.36. The quantitative estimate of drug-likeness (QED) is 0.496. The minimum absolute atomic E-state index is 0.726. The molecule has 7 heavy (non-hydrogen) atoms. The predicted molar refractivity (Wildman–Crippen MR) is 26.5 cm³/mol. The fourth-order valence-electron chi connectivity index (χ4n) is 0.201. The molecule has 0 bridgehead atoms. The fraction of sp³-hybridized carbons (Fsp3) is 0.600. The van der Waals surface area contributed by atoms with Crippen molar-refractivity contribution < 1.29 is 9.13 Å². The average molecular weight is 104 g/mol. The van der Waals surface area contributed by atoms with E-state index >= 15 is 0 Å². The molecule has 0 unspecified atom stereocenters. The molecule has 0 N–H and O–H groups in total. The third kappa shape index (κ3) is 5.47. The topological polar surface area (TPSA) is 9.23 Å². The van der Waals surface area contributed by atoms with Crippen LogP contribution in [0.3, 0.4) is 0 Å². The van der Waals surface area contributed by atoms with Crippen LogP contribution >= 0.6 is 0 Å². The summed E-state index contributed by atoms with van der Waals surface area (Å²) < 4.78 is 15.3. The van der Waals surface area contributed by atoms with E-state index in [1.165, 1.54) is 6.26 Å². The van der Waals surface area contributed by atoms with Crippen molar-refractivity contribution in [1.29, 1.82) is 0 Å². The van der Waals surface area contributed by atoms with Gasteiger partial charge in [0.05, 0.1) is 6.26 Å². The molecular formula is C5H9FO. The lowest BCUT2D eigenvalue weighted by molar-refractivity contribution is 0.140. The van der Waals surface area contributed by atoms with Crippen LogP contribution in [0.5, 0.6) is 0 Å². The van der Waals surface area contributed by atoms with Gasteiger partial charge in [0.15, 0.2) is 0 Å². The van der Waals surface area contributed by atoms with E-state index in [1.54, 1.807) is 6.08 Å². The smallest absolute Gasteiger partial charge is 0.227 e. The second-order valence-corrected chi connectivity index (χ2v) is 1.06. The number of alkyl halides is 1. The van der Waals surface area contributed by atoms with Crippen LogP contribution in [0.25, 0.3) is 0 Å². The largest absolute Gasteiger partial charge is 0.471 e. The Hall–Kier alpha value is -0.530. The normalized spacial score (nSPS) is 10.0. The second kappa shape index (κ2) is 5.47. The van der Waals surface area contributed by atoms with E-state index in [0.29, 0.717) is 0 Å². The highest BCUT2D eigenvalue weighted by molar-refractivity contribution is 4.69. The molecule has 0 amide bonds. The van der Waals surface area contributed by atoms with Crippen LogP contribution in [0.4, 0.5) is 4.39 Å². The first-order valence-electron chi connectivity index (χ1n) is 2.24. The Morgan fingerprint density at radius 2 is 2.43 bits per heavy atom. The molecule has 0 aromatic rings. The van der Waals surface area contributed by atoms with Crippen LogP contribution in [0, 0.1) is 0 Å². The summed E-state index contributed by atoms with van der Waals surface area (Å²) in [6.07, 6.45) is 4.00. The molecule has 0 aliphatic rings. The van der Waals surface area contributed by atoms with E-state index in [1.807, 2.05) is 6.92 Å². The lowest BCUT2D eigenvalue weighted by atomic mass is 10.5. The number of hydrogen-bond acceptors (Lipinski definition) is 1. The summed E-state index contributed by atoms with van der Waals surface area (Å²) in [6.45, 7) is 1.23. The highest BCUT2D eigenvalue weighted by Crippen LogP contribution is 1.80. The van der Waals surface area contributed by atoms with Gasteiger partial charge in [0, 0.05) is 0 Å². The standard InChI is InChI=1S/C5H9FO/c1-2-3-4-7-5-6/h3-4H,2,5H2,1H3/b4-3+. The lowest BCUT2D eigenvalue weighted by Gasteiger charge is -1.85. The minimum atomic E-state index is -0.726. The molecule has 0 aliphatic heterocycles. The molecule has 0 fully saturated rings. The summed E-state index contributed by atoms with van der Waals surface area (Å²) in [5.41, 5.74) is 0. The molecule has 0 aromatic carbocycles. The van der Waals surface area contributed by atoms with Gasteiger partial charge >= 0.3 is 0 Å². The monoisotopic (exact) mass is 104 g/mol. The first kappa shape index (κ1) is 6.47. The Bertz CT molecular complexity index is 52.0. The summed E-state index contributed by atoms with van der Waals surface area (Å²) >= 11 is 0. The van der Waals surface area contributed by atoms with Crippen LogP contribution in [0.1, 0.15) is 13.3 Å². The van der Waals surface area contributed by atoms with Gasteiger partial charge in [-0.15, -0.1) is 0 Å². The van der Waals surface area contributed by atoms with Crippen LogP contribution in [-0.2, 0) is 4.74 Å². The van der Waals surface area contributed by atoms with Crippen molar-refractivity contribution in [2.24, 2.45) is 0 Å². The van der Waals surface area contributed by atoms with Crippen LogP contribution in [0.15, 0.2) is 12.3 Å². The number of halogens is 1. The van der Waals surface area contributed by atoms with Crippen molar-refractivity contribution in [1.82, 2.24) is 0 Å². The summed E-state index contributed by atoms with van der Waals surface area (Å²) in [5.74, 6) is 0. The van der Waals surface area contributed by atoms with Gasteiger partial charge in [-0.05, 0) is 12.5 Å². The molecule has 2 heteroatoms. The molecule has 1 nitrogen and oxygen atoms in total. The van der Waals surface area contributed by atoms with Gasteiger partial charge in [-0.25, -0.2) is 4.39 Å². The first-order valence-corrected chi connectivity index (χ1v) is 2.24. The molecular weight excluding hydrogens is 95.1 g/mol. The van der Waals surface area contributed by atoms with E-state index in [0.717, 1.165) is 6.42 Å². The number of allylic oxidation sites excluding steroid dienone is 1. The van der Waals surface area contributed by atoms with Crippen LogP contribution in [0.2, 0.25) is 0 Å². The van der Waals surface area contributed by atoms with Crippen molar-refractivity contribution in [2.45, 2.75) is 13.3 Å². The van der Waals surface area contributed by atoms with Gasteiger partial charge in [0.2, 0.25) is 6.86 Å². The van der Waals surface area contributed by atoms with E-state index in [9.17, 15) is 4.39 Å². The Balaban J connectivity index is 2.78. The van der Waals surface area contributed by atoms with Gasteiger partial charge in [-0.2, -0.15) is 0 Å². The van der Waals surface area contributed by atoms with Crippen LogP contribution in [-0.4, -0.2) is 6.86 Å². The van der Waals surface area contributed by atoms with Crippen molar-refractivity contribution in [3.05, 3.63) is 12.3 Å². The molecule has 0 rings (SSSR count). The Kier molecular flexibility index (Phi) is 5.06. The second-order valence-electron chi connectivity index (χ2n) is 1.06. The Morgan fingerprint density at radius 1 is 1.71 bits per heavy atom. The number of ether oxygens (including phenoxy) is 1. The van der Waals surface area contributed by atoms with Gasteiger partial charge in [0.1, 0.15) is 0 Å². The zero-order chi connectivity index (χ0) is 5.54. The zero-order valence-corrected chi connectivity index (χ0v) is 4.36. The van der Waals surface area contributed by atoms with Gasteiger partial charge in [-0.3, -0.25) is 0 Å². The number of hydrogen-bond donors (Lipinski definition) is 0. The molecule has 0 saturated heterocycles. The molecule has 42 valence electrons. The van der Waals surface area contributed by atoms with Crippen molar-refractivity contribution in [2.75, 3.05) is 6.86 Å². The molecule has 0 spiro atoms.